The molecule has 0 heterocycles. The van der Waals surface area contributed by atoms with Gasteiger partial charge in [0.15, 0.2) is 0 Å². The average Bonchev–Trinajstić information content (AvgIpc) is 2.39. The maximum absolute atomic E-state index is 9.83. The van der Waals surface area contributed by atoms with Gasteiger partial charge in [0.05, 0.1) is 17.7 Å². The van der Waals surface area contributed by atoms with Crippen LogP contribution in [0.4, 0.5) is 5.69 Å². The van der Waals surface area contributed by atoms with E-state index < -0.39 is 6.10 Å². The SMILES string of the molecule is CCCCN(CC)c1cc(C#N)ccc1[C@@H](C)O. The molecule has 18 heavy (non-hydrogen) atoms. The van der Waals surface area contributed by atoms with Crippen LogP contribution in [0.1, 0.15) is 50.8 Å². The Morgan fingerprint density at radius 3 is 2.61 bits per heavy atom. The van der Waals surface area contributed by atoms with Crippen molar-refractivity contribution < 1.29 is 5.11 Å². The Bertz CT molecular complexity index is 421. The lowest BCUT2D eigenvalue weighted by molar-refractivity contribution is 0.199. The number of nitriles is 1. The number of hydrogen-bond acceptors (Lipinski definition) is 3. The number of aliphatic hydroxyl groups is 1. The molecular weight excluding hydrogens is 224 g/mol. The molecule has 0 spiro atoms. The molecule has 1 rings (SSSR count). The number of anilines is 1. The highest BCUT2D eigenvalue weighted by molar-refractivity contribution is 5.58. The first-order chi connectivity index (χ1) is 8.63. The van der Waals surface area contributed by atoms with Crippen molar-refractivity contribution in [2.45, 2.75) is 39.7 Å². The third kappa shape index (κ3) is 3.48. The minimum atomic E-state index is -0.511. The normalized spacial score (nSPS) is 11.9. The molecule has 0 amide bonds. The number of rotatable bonds is 6. The fraction of sp³-hybridized carbons (Fsp3) is 0.533. The Labute approximate surface area is 110 Å². The smallest absolute Gasteiger partial charge is 0.0992 e. The summed E-state index contributed by atoms with van der Waals surface area (Å²) >= 11 is 0. The van der Waals surface area contributed by atoms with Crippen LogP contribution in [0, 0.1) is 11.3 Å². The summed E-state index contributed by atoms with van der Waals surface area (Å²) in [4.78, 5) is 2.23. The van der Waals surface area contributed by atoms with Gasteiger partial charge in [-0.15, -0.1) is 0 Å². The van der Waals surface area contributed by atoms with E-state index in [1.807, 2.05) is 12.1 Å². The van der Waals surface area contributed by atoms with Gasteiger partial charge in [-0.2, -0.15) is 5.26 Å². The van der Waals surface area contributed by atoms with Gasteiger partial charge in [0.2, 0.25) is 0 Å². The largest absolute Gasteiger partial charge is 0.389 e. The van der Waals surface area contributed by atoms with Gasteiger partial charge in [0.1, 0.15) is 0 Å². The molecule has 98 valence electrons. The zero-order chi connectivity index (χ0) is 13.5. The molecular formula is C15H22N2O. The first-order valence-corrected chi connectivity index (χ1v) is 6.61. The molecule has 0 bridgehead atoms. The lowest BCUT2D eigenvalue weighted by Crippen LogP contribution is -2.25. The summed E-state index contributed by atoms with van der Waals surface area (Å²) in [7, 11) is 0. The second-order valence-electron chi connectivity index (χ2n) is 4.49. The Morgan fingerprint density at radius 2 is 2.11 bits per heavy atom. The number of unbranched alkanes of at least 4 members (excludes halogenated alkanes) is 1. The van der Waals surface area contributed by atoms with Crippen LogP contribution in [0.15, 0.2) is 18.2 Å². The van der Waals surface area contributed by atoms with Crippen molar-refractivity contribution in [3.05, 3.63) is 29.3 Å². The summed E-state index contributed by atoms with van der Waals surface area (Å²) in [6.07, 6.45) is 1.74. The van der Waals surface area contributed by atoms with Crippen LogP contribution < -0.4 is 4.90 Å². The van der Waals surface area contributed by atoms with Crippen LogP contribution in [-0.2, 0) is 0 Å². The third-order valence-corrected chi connectivity index (χ3v) is 3.11. The van der Waals surface area contributed by atoms with Gasteiger partial charge in [0.25, 0.3) is 0 Å². The summed E-state index contributed by atoms with van der Waals surface area (Å²) in [5, 5.41) is 18.8. The third-order valence-electron chi connectivity index (χ3n) is 3.11. The predicted octanol–water partition coefficient (Wildman–Crippen LogP) is 3.24. The Balaban J connectivity index is 3.12. The molecule has 0 fully saturated rings. The molecule has 0 unspecified atom stereocenters. The lowest BCUT2D eigenvalue weighted by Gasteiger charge is -2.26. The first-order valence-electron chi connectivity index (χ1n) is 6.61. The van der Waals surface area contributed by atoms with E-state index in [2.05, 4.69) is 24.8 Å². The summed E-state index contributed by atoms with van der Waals surface area (Å²) in [5.41, 5.74) is 2.52. The molecule has 1 aromatic carbocycles. The molecule has 0 saturated carbocycles. The number of benzene rings is 1. The molecule has 1 N–H and O–H groups in total. The first kappa shape index (κ1) is 14.5. The molecule has 0 aromatic heterocycles. The fourth-order valence-electron chi connectivity index (χ4n) is 2.04. The standard InChI is InChI=1S/C15H22N2O/c1-4-6-9-17(5-2)15-10-13(11-16)7-8-14(15)12(3)18/h7-8,10,12,18H,4-6,9H2,1-3H3/t12-/m1/s1. The van der Waals surface area contributed by atoms with Crippen LogP contribution in [0.5, 0.6) is 0 Å². The summed E-state index contributed by atoms with van der Waals surface area (Å²) < 4.78 is 0. The van der Waals surface area contributed by atoms with E-state index in [0.29, 0.717) is 5.56 Å². The summed E-state index contributed by atoms with van der Waals surface area (Å²) in [6.45, 7) is 7.87. The molecule has 1 aromatic rings. The van der Waals surface area contributed by atoms with E-state index in [0.717, 1.165) is 37.2 Å². The monoisotopic (exact) mass is 246 g/mol. The molecule has 3 heteroatoms. The number of nitrogens with zero attached hydrogens (tertiary/aromatic N) is 2. The highest BCUT2D eigenvalue weighted by Gasteiger charge is 2.13. The molecule has 0 saturated heterocycles. The van der Waals surface area contributed by atoms with Gasteiger partial charge in [0, 0.05) is 24.3 Å². The van der Waals surface area contributed by atoms with Crippen molar-refractivity contribution in [1.29, 1.82) is 5.26 Å². The maximum atomic E-state index is 9.83. The van der Waals surface area contributed by atoms with E-state index in [4.69, 9.17) is 5.26 Å². The number of hydrogen-bond donors (Lipinski definition) is 1. The van der Waals surface area contributed by atoms with Gasteiger partial charge in [-0.1, -0.05) is 19.4 Å². The van der Waals surface area contributed by atoms with Gasteiger partial charge in [-0.3, -0.25) is 0 Å². The molecule has 0 radical (unpaired) electrons. The highest BCUT2D eigenvalue weighted by Crippen LogP contribution is 2.27. The van der Waals surface area contributed by atoms with Crippen LogP contribution in [0.3, 0.4) is 0 Å². The Kier molecular flexibility index (Phi) is 5.67. The van der Waals surface area contributed by atoms with Gasteiger partial charge in [-0.25, -0.2) is 0 Å². The highest BCUT2D eigenvalue weighted by atomic mass is 16.3. The van der Waals surface area contributed by atoms with Crippen molar-refractivity contribution in [3.8, 4) is 6.07 Å². The lowest BCUT2D eigenvalue weighted by atomic mass is 10.0. The van der Waals surface area contributed by atoms with E-state index in [1.165, 1.54) is 0 Å². The predicted molar refractivity (Wildman–Crippen MR) is 74.6 cm³/mol. The van der Waals surface area contributed by atoms with Crippen molar-refractivity contribution in [2.24, 2.45) is 0 Å². The minimum absolute atomic E-state index is 0.511. The van der Waals surface area contributed by atoms with Crippen molar-refractivity contribution >= 4 is 5.69 Å². The van der Waals surface area contributed by atoms with Crippen LogP contribution in [-0.4, -0.2) is 18.2 Å². The van der Waals surface area contributed by atoms with Crippen LogP contribution in [0.2, 0.25) is 0 Å². The molecule has 0 aliphatic heterocycles. The minimum Gasteiger partial charge on any atom is -0.389 e. The van der Waals surface area contributed by atoms with Crippen molar-refractivity contribution in [2.75, 3.05) is 18.0 Å². The maximum Gasteiger partial charge on any atom is 0.0992 e. The quantitative estimate of drug-likeness (QED) is 0.838. The summed E-state index contributed by atoms with van der Waals surface area (Å²) in [6, 6.07) is 7.65. The van der Waals surface area contributed by atoms with Gasteiger partial charge < -0.3 is 10.0 Å². The van der Waals surface area contributed by atoms with Crippen molar-refractivity contribution in [3.63, 3.8) is 0 Å². The number of aliphatic hydroxyl groups excluding tert-OH is 1. The van der Waals surface area contributed by atoms with Gasteiger partial charge >= 0.3 is 0 Å². The van der Waals surface area contributed by atoms with Crippen molar-refractivity contribution in [1.82, 2.24) is 0 Å². The van der Waals surface area contributed by atoms with Crippen LogP contribution >= 0.6 is 0 Å². The van der Waals surface area contributed by atoms with E-state index in [9.17, 15) is 5.11 Å². The topological polar surface area (TPSA) is 47.3 Å². The van der Waals surface area contributed by atoms with Crippen LogP contribution in [0.25, 0.3) is 0 Å². The zero-order valence-electron chi connectivity index (χ0n) is 11.5. The molecule has 0 aliphatic carbocycles. The molecule has 3 nitrogen and oxygen atoms in total. The fourth-order valence-corrected chi connectivity index (χ4v) is 2.04. The van der Waals surface area contributed by atoms with E-state index in [1.54, 1.807) is 13.0 Å². The van der Waals surface area contributed by atoms with Gasteiger partial charge in [-0.05, 0) is 32.4 Å². The Morgan fingerprint density at radius 1 is 1.39 bits per heavy atom. The molecule has 0 aliphatic rings. The zero-order valence-corrected chi connectivity index (χ0v) is 11.5. The second kappa shape index (κ2) is 7.03. The second-order valence-corrected chi connectivity index (χ2v) is 4.49. The Hall–Kier alpha value is -1.53. The van der Waals surface area contributed by atoms with E-state index >= 15 is 0 Å². The molecule has 1 atom stereocenters. The van der Waals surface area contributed by atoms with E-state index in [-0.39, 0.29) is 0 Å². The summed E-state index contributed by atoms with van der Waals surface area (Å²) in [5.74, 6) is 0. The average molecular weight is 246 g/mol.